The van der Waals surface area contributed by atoms with E-state index < -0.39 is 24.3 Å². The number of piperazine rings is 1. The van der Waals surface area contributed by atoms with Gasteiger partial charge >= 0.3 is 24.3 Å². The fraction of sp³-hybridized carbons (Fsp3) is 0.867. The Hall–Kier alpha value is -1.56. The summed E-state index contributed by atoms with van der Waals surface area (Å²) < 4.78 is 63.5. The molecule has 12 heteroatoms. The number of aliphatic carboxylic acids is 2. The van der Waals surface area contributed by atoms with E-state index >= 15 is 0 Å². The molecule has 2 bridgehead atoms. The molecule has 3 rings (SSSR count). The van der Waals surface area contributed by atoms with Crippen molar-refractivity contribution in [3.8, 4) is 0 Å². The third kappa shape index (κ3) is 7.91. The van der Waals surface area contributed by atoms with E-state index in [0.29, 0.717) is 5.54 Å². The summed E-state index contributed by atoms with van der Waals surface area (Å²) in [6, 6.07) is 0.793. The van der Waals surface area contributed by atoms with E-state index in [1.165, 1.54) is 51.6 Å². The van der Waals surface area contributed by atoms with Crippen molar-refractivity contribution in [1.82, 2.24) is 10.6 Å². The molecule has 1 saturated carbocycles. The lowest BCUT2D eigenvalue weighted by Crippen LogP contribution is -2.50. The van der Waals surface area contributed by atoms with Crippen LogP contribution in [0.4, 0.5) is 26.3 Å². The number of hydrogen-bond donors (Lipinski definition) is 4. The molecule has 3 aliphatic rings. The average Bonchev–Trinajstić information content (AvgIpc) is 3.24. The van der Waals surface area contributed by atoms with Crippen LogP contribution in [0.2, 0.25) is 0 Å². The van der Waals surface area contributed by atoms with E-state index in [1.807, 2.05) is 0 Å². The van der Waals surface area contributed by atoms with Crippen molar-refractivity contribution in [3.63, 3.8) is 0 Å². The van der Waals surface area contributed by atoms with Gasteiger partial charge in [-0.15, -0.1) is 0 Å². The Kier molecular flexibility index (Phi) is 7.90. The van der Waals surface area contributed by atoms with Crippen molar-refractivity contribution in [2.24, 2.45) is 5.92 Å². The number of fused-ring (bicyclic) bond motifs is 2. The number of rotatable bonds is 2. The molecule has 27 heavy (non-hydrogen) atoms. The van der Waals surface area contributed by atoms with Crippen LogP contribution in [-0.4, -0.2) is 59.2 Å². The van der Waals surface area contributed by atoms with Gasteiger partial charge in [-0.1, -0.05) is 25.7 Å². The Morgan fingerprint density at radius 2 is 1.41 bits per heavy atom. The second-order valence-electron chi connectivity index (χ2n) is 6.90. The lowest BCUT2D eigenvalue weighted by atomic mass is 9.86. The molecule has 2 saturated heterocycles. The molecule has 0 aromatic carbocycles. The van der Waals surface area contributed by atoms with Gasteiger partial charge in [0.25, 0.3) is 0 Å². The largest absolute Gasteiger partial charge is 0.490 e. The van der Waals surface area contributed by atoms with Crippen LogP contribution in [0.3, 0.4) is 0 Å². The van der Waals surface area contributed by atoms with E-state index in [0.717, 1.165) is 12.0 Å². The van der Waals surface area contributed by atoms with Crippen LogP contribution in [0.25, 0.3) is 0 Å². The molecule has 158 valence electrons. The average molecular weight is 408 g/mol. The third-order valence-electron chi connectivity index (χ3n) is 4.73. The van der Waals surface area contributed by atoms with Crippen molar-refractivity contribution in [2.75, 3.05) is 13.1 Å². The maximum atomic E-state index is 10.6. The number of carbonyl (C=O) groups is 2. The smallest absolute Gasteiger partial charge is 0.475 e. The Morgan fingerprint density at radius 3 is 1.67 bits per heavy atom. The summed E-state index contributed by atoms with van der Waals surface area (Å²) in [7, 11) is 0. The number of carboxylic acids is 2. The molecule has 6 nitrogen and oxygen atoms in total. The summed E-state index contributed by atoms with van der Waals surface area (Å²) in [6.45, 7) is 2.45. The van der Waals surface area contributed by atoms with E-state index in [-0.39, 0.29) is 0 Å². The molecule has 0 amide bonds. The zero-order chi connectivity index (χ0) is 20.9. The molecule has 0 radical (unpaired) electrons. The van der Waals surface area contributed by atoms with Crippen LogP contribution in [0.1, 0.15) is 38.5 Å². The summed E-state index contributed by atoms with van der Waals surface area (Å²) in [5.74, 6) is -4.48. The maximum absolute atomic E-state index is 10.6. The molecule has 2 heterocycles. The van der Waals surface area contributed by atoms with Gasteiger partial charge in [0.05, 0.1) is 0 Å². The highest BCUT2D eigenvalue weighted by Crippen LogP contribution is 2.37. The Bertz CT molecular complexity index is 485. The molecule has 3 fully saturated rings. The molecule has 0 aromatic heterocycles. The summed E-state index contributed by atoms with van der Waals surface area (Å²) in [5.41, 5.74) is 0.514. The minimum absolute atomic E-state index is 0.514. The van der Waals surface area contributed by atoms with Crippen LogP contribution >= 0.6 is 0 Å². The number of halogens is 6. The molecular weight excluding hydrogens is 386 g/mol. The minimum atomic E-state index is -5.08. The van der Waals surface area contributed by atoms with E-state index in [2.05, 4.69) is 10.6 Å². The molecule has 0 spiro atoms. The Balaban J connectivity index is 0.000000226. The summed E-state index contributed by atoms with van der Waals surface area (Å²) >= 11 is 0. The highest BCUT2D eigenvalue weighted by molar-refractivity contribution is 5.73. The van der Waals surface area contributed by atoms with E-state index in [9.17, 15) is 26.3 Å². The van der Waals surface area contributed by atoms with Crippen molar-refractivity contribution in [1.29, 1.82) is 0 Å². The zero-order valence-electron chi connectivity index (χ0n) is 14.3. The fourth-order valence-electron chi connectivity index (χ4n) is 3.57. The highest BCUT2D eigenvalue weighted by atomic mass is 19.4. The van der Waals surface area contributed by atoms with Crippen molar-refractivity contribution < 1.29 is 46.1 Å². The SMILES string of the molecule is C1CCC(C[C@]23CN[C@H](CN2)C3)C1.O=C(O)C(F)(F)F.O=C(O)C(F)(F)F. The van der Waals surface area contributed by atoms with Crippen LogP contribution in [0.5, 0.6) is 0 Å². The summed E-state index contributed by atoms with van der Waals surface area (Å²) in [5, 5.41) is 21.6. The fourth-order valence-corrected chi connectivity index (χ4v) is 3.57. The number of nitrogens with one attached hydrogen (secondary N) is 2. The van der Waals surface area contributed by atoms with Crippen LogP contribution < -0.4 is 10.6 Å². The van der Waals surface area contributed by atoms with Gasteiger partial charge in [0.15, 0.2) is 0 Å². The van der Waals surface area contributed by atoms with Crippen molar-refractivity contribution in [3.05, 3.63) is 0 Å². The molecule has 1 aliphatic carbocycles. The first-order chi connectivity index (χ1) is 12.3. The molecule has 4 N–H and O–H groups in total. The standard InChI is InChI=1S/C11H20N2.2C2HF3O2/c1-2-4-9(3-1)5-11-6-10(7-13-11)12-8-11;2*3-2(4,5)1(6)7/h9-10,12-13H,1-8H2;2*(H,6,7)/t10-,11-;;/m0../s1. The summed E-state index contributed by atoms with van der Waals surface area (Å²) in [4.78, 5) is 17.8. The number of alkyl halides is 6. The van der Waals surface area contributed by atoms with E-state index in [4.69, 9.17) is 19.8 Å². The maximum Gasteiger partial charge on any atom is 0.490 e. The Labute approximate surface area is 151 Å². The first kappa shape index (κ1) is 23.5. The topological polar surface area (TPSA) is 98.7 Å². The van der Waals surface area contributed by atoms with Crippen LogP contribution in [-0.2, 0) is 9.59 Å². The van der Waals surface area contributed by atoms with Gasteiger partial charge in [-0.3, -0.25) is 0 Å². The monoisotopic (exact) mass is 408 g/mol. The molecule has 2 atom stereocenters. The normalized spacial score (nSPS) is 27.4. The van der Waals surface area contributed by atoms with Gasteiger partial charge in [-0.05, 0) is 18.8 Å². The minimum Gasteiger partial charge on any atom is -0.475 e. The summed E-state index contributed by atoms with van der Waals surface area (Å²) in [6.07, 6.45) is -1.38. The predicted molar refractivity (Wildman–Crippen MR) is 81.1 cm³/mol. The molecule has 0 aromatic rings. The molecule has 2 aliphatic heterocycles. The second kappa shape index (κ2) is 9.09. The predicted octanol–water partition coefficient (Wildman–Crippen LogP) is 2.54. The van der Waals surface area contributed by atoms with Gasteiger partial charge in [0.1, 0.15) is 0 Å². The lowest BCUT2D eigenvalue weighted by Gasteiger charge is -2.30. The van der Waals surface area contributed by atoms with E-state index in [1.54, 1.807) is 0 Å². The molecular formula is C15H22F6N2O4. The zero-order valence-corrected chi connectivity index (χ0v) is 14.3. The quantitative estimate of drug-likeness (QED) is 0.525. The third-order valence-corrected chi connectivity index (χ3v) is 4.73. The van der Waals surface area contributed by atoms with Gasteiger partial charge in [0, 0.05) is 24.7 Å². The Morgan fingerprint density at radius 1 is 0.963 bits per heavy atom. The molecule has 0 unspecified atom stereocenters. The van der Waals surface area contributed by atoms with Gasteiger partial charge in [0.2, 0.25) is 0 Å². The van der Waals surface area contributed by atoms with Crippen molar-refractivity contribution in [2.45, 2.75) is 62.5 Å². The first-order valence-corrected chi connectivity index (χ1v) is 8.34. The van der Waals surface area contributed by atoms with Crippen LogP contribution in [0, 0.1) is 5.92 Å². The van der Waals surface area contributed by atoms with Gasteiger partial charge in [-0.25, -0.2) is 9.59 Å². The van der Waals surface area contributed by atoms with Crippen molar-refractivity contribution >= 4 is 11.9 Å². The lowest BCUT2D eigenvalue weighted by molar-refractivity contribution is -0.193. The van der Waals surface area contributed by atoms with Gasteiger partial charge in [-0.2, -0.15) is 26.3 Å². The number of hydrogen-bond acceptors (Lipinski definition) is 4. The van der Waals surface area contributed by atoms with Crippen LogP contribution in [0.15, 0.2) is 0 Å². The van der Waals surface area contributed by atoms with Gasteiger partial charge < -0.3 is 20.8 Å². The number of carboxylic acid groups (broad SMARTS) is 2. The first-order valence-electron chi connectivity index (χ1n) is 8.34. The second-order valence-corrected chi connectivity index (χ2v) is 6.90. The highest BCUT2D eigenvalue weighted by Gasteiger charge is 2.45.